The van der Waals surface area contributed by atoms with Gasteiger partial charge < -0.3 is 0 Å². The van der Waals surface area contributed by atoms with E-state index in [-0.39, 0.29) is 0 Å². The van der Waals surface area contributed by atoms with Crippen molar-refractivity contribution in [1.29, 1.82) is 0 Å². The second-order valence-electron chi connectivity index (χ2n) is 16.2. The molecule has 0 atom stereocenters. The minimum absolute atomic E-state index is 0.540. The molecule has 0 fully saturated rings. The molecule has 2 aliphatic carbocycles. The van der Waals surface area contributed by atoms with Gasteiger partial charge in [0, 0.05) is 16.7 Å². The van der Waals surface area contributed by atoms with Crippen LogP contribution in [0.2, 0.25) is 0 Å². The summed E-state index contributed by atoms with van der Waals surface area (Å²) in [5, 5.41) is 0. The van der Waals surface area contributed by atoms with Crippen LogP contribution in [0.5, 0.6) is 0 Å². The van der Waals surface area contributed by atoms with Crippen molar-refractivity contribution in [1.82, 2.24) is 15.0 Å². The highest BCUT2D eigenvalue weighted by atomic mass is 15.0. The van der Waals surface area contributed by atoms with Gasteiger partial charge >= 0.3 is 0 Å². The van der Waals surface area contributed by atoms with Gasteiger partial charge in [0.25, 0.3) is 0 Å². The van der Waals surface area contributed by atoms with Crippen LogP contribution in [0, 0.1) is 0 Å². The number of rotatable bonds is 6. The Balaban J connectivity index is 1.05. The van der Waals surface area contributed by atoms with Crippen molar-refractivity contribution in [2.24, 2.45) is 0 Å². The third-order valence-electron chi connectivity index (χ3n) is 13.1. The van der Waals surface area contributed by atoms with E-state index in [9.17, 15) is 0 Å². The number of fused-ring (bicyclic) bond motifs is 9. The molecule has 12 rings (SSSR count). The fourth-order valence-electron chi connectivity index (χ4n) is 10.5. The van der Waals surface area contributed by atoms with Gasteiger partial charge in [0.1, 0.15) is 0 Å². The Morgan fingerprint density at radius 2 is 0.565 bits per heavy atom. The molecule has 3 heteroatoms. The van der Waals surface area contributed by atoms with Crippen molar-refractivity contribution < 1.29 is 0 Å². The maximum atomic E-state index is 5.00. The Bertz CT molecular complexity index is 3120. The van der Waals surface area contributed by atoms with E-state index in [0.717, 1.165) is 27.8 Å². The summed E-state index contributed by atoms with van der Waals surface area (Å²) in [6.07, 6.45) is 0. The van der Waals surface area contributed by atoms with Gasteiger partial charge in [0.05, 0.1) is 10.8 Å². The molecule has 2 aliphatic rings. The van der Waals surface area contributed by atoms with Crippen molar-refractivity contribution in [2.45, 2.75) is 10.8 Å². The first-order valence-electron chi connectivity index (χ1n) is 21.3. The Morgan fingerprint density at radius 1 is 0.226 bits per heavy atom. The van der Waals surface area contributed by atoms with Gasteiger partial charge in [-0.25, -0.2) is 15.0 Å². The lowest BCUT2D eigenvalue weighted by molar-refractivity contribution is 0.624. The lowest BCUT2D eigenvalue weighted by atomic mass is 9.51. The Morgan fingerprint density at radius 3 is 1.05 bits per heavy atom. The highest BCUT2D eigenvalue weighted by molar-refractivity contribution is 5.91. The third-order valence-corrected chi connectivity index (χ3v) is 13.1. The average molecular weight is 790 g/mol. The fraction of sp³-hybridized carbons (Fsp3) is 0.0339. The Hall–Kier alpha value is -8.01. The second-order valence-corrected chi connectivity index (χ2v) is 16.2. The maximum absolute atomic E-state index is 5.00. The number of hydrogen-bond acceptors (Lipinski definition) is 3. The summed E-state index contributed by atoms with van der Waals surface area (Å²) >= 11 is 0. The standard InChI is InChI=1S/C59H39N3/c1-5-19-41(20-6-1)55-60-56(42-21-7-2-8-22-42)62-57(61-55)43-35-33-40(34-36-43)44-37-38-48-47-27-13-14-28-49(47)59(54(48)39-44)52-31-17-15-29-50(52)58(45-23-9-3-10-24-45,46-25-11-4-12-26-46)51-30-16-18-32-53(51)59/h1-39H. The van der Waals surface area contributed by atoms with Crippen LogP contribution in [0.3, 0.4) is 0 Å². The zero-order valence-electron chi connectivity index (χ0n) is 33.9. The molecule has 9 aromatic carbocycles. The van der Waals surface area contributed by atoms with E-state index < -0.39 is 10.8 Å². The lowest BCUT2D eigenvalue weighted by Crippen LogP contribution is -2.44. The molecule has 1 spiro atoms. The van der Waals surface area contributed by atoms with Crippen LogP contribution in [-0.2, 0) is 10.8 Å². The van der Waals surface area contributed by atoms with Crippen LogP contribution in [0.4, 0.5) is 0 Å². The summed E-state index contributed by atoms with van der Waals surface area (Å²) in [6.45, 7) is 0. The van der Waals surface area contributed by atoms with Crippen LogP contribution in [0.1, 0.15) is 44.5 Å². The van der Waals surface area contributed by atoms with Gasteiger partial charge in [0.2, 0.25) is 0 Å². The van der Waals surface area contributed by atoms with Gasteiger partial charge in [0.15, 0.2) is 17.5 Å². The maximum Gasteiger partial charge on any atom is 0.164 e. The zero-order valence-corrected chi connectivity index (χ0v) is 33.9. The molecule has 3 nitrogen and oxygen atoms in total. The SMILES string of the molecule is c1ccc(-c2nc(-c3ccccc3)nc(-c3ccc(-c4ccc5c(c4)C4(c6ccccc6-5)c5ccccc5C(c5ccccc5)(c5ccccc5)c5ccccc54)cc3)n2)cc1. The molecule has 0 bridgehead atoms. The summed E-state index contributed by atoms with van der Waals surface area (Å²) < 4.78 is 0. The van der Waals surface area contributed by atoms with Crippen molar-refractivity contribution in [3.8, 4) is 56.4 Å². The lowest BCUT2D eigenvalue weighted by Gasteiger charge is -2.50. The van der Waals surface area contributed by atoms with Gasteiger partial charge in [-0.1, -0.05) is 231 Å². The van der Waals surface area contributed by atoms with Crippen molar-refractivity contribution in [3.63, 3.8) is 0 Å². The largest absolute Gasteiger partial charge is 0.208 e. The zero-order chi connectivity index (χ0) is 41.1. The van der Waals surface area contributed by atoms with Crippen LogP contribution < -0.4 is 0 Å². The molecule has 0 radical (unpaired) electrons. The molecule has 1 heterocycles. The first kappa shape index (κ1) is 35.9. The van der Waals surface area contributed by atoms with E-state index >= 15 is 0 Å². The first-order chi connectivity index (χ1) is 30.7. The highest BCUT2D eigenvalue weighted by Crippen LogP contribution is 2.64. The van der Waals surface area contributed by atoms with E-state index in [1.165, 1.54) is 55.6 Å². The minimum atomic E-state index is -0.561. The van der Waals surface area contributed by atoms with E-state index in [1.54, 1.807) is 0 Å². The first-order valence-corrected chi connectivity index (χ1v) is 21.3. The molecule has 62 heavy (non-hydrogen) atoms. The summed E-state index contributed by atoms with van der Waals surface area (Å²) in [5.74, 6) is 1.94. The molecule has 0 aliphatic heterocycles. The fourth-order valence-corrected chi connectivity index (χ4v) is 10.5. The van der Waals surface area contributed by atoms with Crippen LogP contribution in [-0.4, -0.2) is 15.0 Å². The minimum Gasteiger partial charge on any atom is -0.208 e. The number of hydrogen-bond donors (Lipinski definition) is 0. The van der Waals surface area contributed by atoms with Crippen LogP contribution in [0.25, 0.3) is 56.4 Å². The van der Waals surface area contributed by atoms with Crippen molar-refractivity contribution in [2.75, 3.05) is 0 Å². The van der Waals surface area contributed by atoms with E-state index in [0.29, 0.717) is 17.5 Å². The highest BCUT2D eigenvalue weighted by Gasteiger charge is 2.56. The predicted octanol–water partition coefficient (Wildman–Crippen LogP) is 13.6. The third kappa shape index (κ3) is 5.28. The summed E-state index contributed by atoms with van der Waals surface area (Å²) in [6, 6.07) is 85.7. The quantitative estimate of drug-likeness (QED) is 0.168. The molecule has 0 unspecified atom stereocenters. The molecular formula is C59H39N3. The molecular weight excluding hydrogens is 751 g/mol. The topological polar surface area (TPSA) is 38.7 Å². The van der Waals surface area contributed by atoms with E-state index in [1.807, 2.05) is 60.7 Å². The smallest absolute Gasteiger partial charge is 0.164 e. The molecule has 0 amide bonds. The number of nitrogens with zero attached hydrogens (tertiary/aromatic N) is 3. The summed E-state index contributed by atoms with van der Waals surface area (Å²) in [5.41, 5.74) is 16.9. The molecule has 0 saturated carbocycles. The molecule has 290 valence electrons. The Labute approximate surface area is 361 Å². The van der Waals surface area contributed by atoms with Crippen molar-refractivity contribution in [3.05, 3.63) is 281 Å². The second kappa shape index (κ2) is 14.3. The normalized spacial score (nSPS) is 13.7. The van der Waals surface area contributed by atoms with Gasteiger partial charge in [-0.3, -0.25) is 0 Å². The molecule has 0 N–H and O–H groups in total. The number of benzene rings is 9. The van der Waals surface area contributed by atoms with Gasteiger partial charge in [-0.2, -0.15) is 0 Å². The van der Waals surface area contributed by atoms with Crippen molar-refractivity contribution >= 4 is 0 Å². The molecule has 10 aromatic rings. The van der Waals surface area contributed by atoms with Gasteiger partial charge in [-0.05, 0) is 72.8 Å². The molecule has 0 saturated heterocycles. The number of aromatic nitrogens is 3. The predicted molar refractivity (Wildman–Crippen MR) is 251 cm³/mol. The van der Waals surface area contributed by atoms with Gasteiger partial charge in [-0.15, -0.1) is 0 Å². The monoisotopic (exact) mass is 789 g/mol. The van der Waals surface area contributed by atoms with Crippen LogP contribution in [0.15, 0.2) is 237 Å². The average Bonchev–Trinajstić information content (AvgIpc) is 3.65. The molecule has 1 aromatic heterocycles. The van der Waals surface area contributed by atoms with E-state index in [4.69, 9.17) is 15.0 Å². The summed E-state index contributed by atoms with van der Waals surface area (Å²) in [4.78, 5) is 14.9. The summed E-state index contributed by atoms with van der Waals surface area (Å²) in [7, 11) is 0. The van der Waals surface area contributed by atoms with Crippen LogP contribution >= 0.6 is 0 Å². The van der Waals surface area contributed by atoms with E-state index in [2.05, 4.69) is 176 Å². The Kier molecular flexibility index (Phi) is 8.29.